The summed E-state index contributed by atoms with van der Waals surface area (Å²) in [6, 6.07) is 14.7. The van der Waals surface area contributed by atoms with Crippen molar-refractivity contribution in [2.45, 2.75) is 6.42 Å². The van der Waals surface area contributed by atoms with Gasteiger partial charge in [0.25, 0.3) is 5.91 Å². The lowest BCUT2D eigenvalue weighted by atomic mass is 10.1. The van der Waals surface area contributed by atoms with Crippen LogP contribution in [0.25, 0.3) is 16.9 Å². The molecule has 2 aromatic carbocycles. The molecule has 0 bridgehead atoms. The Kier molecular flexibility index (Phi) is 8.23. The molecule has 4 rings (SSSR count). The number of amides is 1. The maximum atomic E-state index is 13.2. The van der Waals surface area contributed by atoms with Crippen LogP contribution >= 0.6 is 0 Å². The Labute approximate surface area is 205 Å². The number of nitrogens with one attached hydrogen (secondary N) is 1. The fourth-order valence-corrected chi connectivity index (χ4v) is 4.02. The Balaban J connectivity index is 1.58. The number of methoxy groups -OCH3 is 3. The van der Waals surface area contributed by atoms with Crippen LogP contribution in [0.15, 0.2) is 48.5 Å². The first-order valence-corrected chi connectivity index (χ1v) is 11.7. The monoisotopic (exact) mass is 480 g/mol. The van der Waals surface area contributed by atoms with E-state index in [0.717, 1.165) is 56.3 Å². The number of benzene rings is 2. The van der Waals surface area contributed by atoms with Crippen molar-refractivity contribution >= 4 is 5.91 Å². The zero-order chi connectivity index (χ0) is 24.6. The molecule has 1 N–H and O–H groups in total. The highest BCUT2D eigenvalue weighted by Gasteiger charge is 2.20. The Hall–Kier alpha value is -3.56. The molecule has 3 aromatic rings. The predicted molar refractivity (Wildman–Crippen MR) is 133 cm³/mol. The van der Waals surface area contributed by atoms with Crippen molar-refractivity contribution in [1.29, 1.82) is 0 Å². The molecule has 35 heavy (non-hydrogen) atoms. The molecule has 2 heterocycles. The molecule has 1 saturated heterocycles. The summed E-state index contributed by atoms with van der Waals surface area (Å²) in [7, 11) is 4.82. The third-order valence-electron chi connectivity index (χ3n) is 5.98. The van der Waals surface area contributed by atoms with Crippen LogP contribution in [0.4, 0.5) is 0 Å². The first-order valence-electron chi connectivity index (χ1n) is 11.7. The van der Waals surface area contributed by atoms with Gasteiger partial charge in [-0.3, -0.25) is 9.69 Å². The van der Waals surface area contributed by atoms with Crippen LogP contribution in [0.2, 0.25) is 0 Å². The minimum absolute atomic E-state index is 0.186. The molecule has 0 atom stereocenters. The molecule has 1 aliphatic rings. The highest BCUT2D eigenvalue weighted by Crippen LogP contribution is 2.33. The van der Waals surface area contributed by atoms with E-state index in [9.17, 15) is 4.79 Å². The topological polar surface area (TPSA) is 87.1 Å². The maximum absolute atomic E-state index is 13.2. The molecule has 1 amide bonds. The Morgan fingerprint density at radius 1 is 0.971 bits per heavy atom. The fourth-order valence-electron chi connectivity index (χ4n) is 4.02. The molecule has 1 aliphatic heterocycles. The SMILES string of the molecule is COc1ccc(-n2nc(-c3ccc(OC)cc3OC)cc2C(=O)NCCCN2CCOCC2)cc1. The highest BCUT2D eigenvalue weighted by molar-refractivity contribution is 5.94. The van der Waals surface area contributed by atoms with Crippen molar-refractivity contribution in [2.75, 3.05) is 60.7 Å². The predicted octanol–water partition coefficient (Wildman–Crippen LogP) is 3.02. The summed E-state index contributed by atoms with van der Waals surface area (Å²) in [5.41, 5.74) is 2.58. The minimum atomic E-state index is -0.186. The second kappa shape index (κ2) is 11.7. The molecule has 1 fully saturated rings. The Morgan fingerprint density at radius 2 is 1.69 bits per heavy atom. The maximum Gasteiger partial charge on any atom is 0.270 e. The van der Waals surface area contributed by atoms with Crippen molar-refractivity contribution < 1.29 is 23.7 Å². The highest BCUT2D eigenvalue weighted by atomic mass is 16.5. The summed E-state index contributed by atoms with van der Waals surface area (Å²) in [5, 5.41) is 7.81. The van der Waals surface area contributed by atoms with E-state index in [2.05, 4.69) is 10.2 Å². The number of hydrogen-bond acceptors (Lipinski definition) is 7. The molecule has 9 heteroatoms. The van der Waals surface area contributed by atoms with Crippen LogP contribution in [0.5, 0.6) is 17.2 Å². The first kappa shape index (κ1) is 24.6. The molecule has 1 aromatic heterocycles. The van der Waals surface area contributed by atoms with Gasteiger partial charge in [-0.25, -0.2) is 4.68 Å². The Morgan fingerprint density at radius 3 is 2.37 bits per heavy atom. The molecule has 0 radical (unpaired) electrons. The lowest BCUT2D eigenvalue weighted by Gasteiger charge is -2.26. The van der Waals surface area contributed by atoms with Crippen molar-refractivity contribution in [3.8, 4) is 34.2 Å². The lowest BCUT2D eigenvalue weighted by Crippen LogP contribution is -2.38. The molecule has 0 unspecified atom stereocenters. The summed E-state index contributed by atoms with van der Waals surface area (Å²) in [6.45, 7) is 4.91. The summed E-state index contributed by atoms with van der Waals surface area (Å²) >= 11 is 0. The second-order valence-corrected chi connectivity index (χ2v) is 8.15. The third-order valence-corrected chi connectivity index (χ3v) is 5.98. The summed E-state index contributed by atoms with van der Waals surface area (Å²) in [4.78, 5) is 15.6. The van der Waals surface area contributed by atoms with Gasteiger partial charge in [0.05, 0.1) is 45.9 Å². The van der Waals surface area contributed by atoms with Gasteiger partial charge in [-0.15, -0.1) is 0 Å². The van der Waals surface area contributed by atoms with Gasteiger partial charge >= 0.3 is 0 Å². The summed E-state index contributed by atoms with van der Waals surface area (Å²) < 4.78 is 23.2. The number of nitrogens with zero attached hydrogens (tertiary/aromatic N) is 3. The molecular formula is C26H32N4O5. The summed E-state index contributed by atoms with van der Waals surface area (Å²) in [5.74, 6) is 1.83. The van der Waals surface area contributed by atoms with Gasteiger partial charge in [-0.05, 0) is 55.4 Å². The second-order valence-electron chi connectivity index (χ2n) is 8.15. The molecular weight excluding hydrogens is 448 g/mol. The van der Waals surface area contributed by atoms with Crippen molar-refractivity contribution in [3.05, 3.63) is 54.2 Å². The average Bonchev–Trinajstić information content (AvgIpc) is 3.36. The molecule has 0 saturated carbocycles. The number of morpholine rings is 1. The van der Waals surface area contributed by atoms with Crippen molar-refractivity contribution in [2.24, 2.45) is 0 Å². The van der Waals surface area contributed by atoms with E-state index >= 15 is 0 Å². The number of carbonyl (C=O) groups excluding carboxylic acids is 1. The number of aromatic nitrogens is 2. The quantitative estimate of drug-likeness (QED) is 0.447. The van der Waals surface area contributed by atoms with Gasteiger partial charge in [0.1, 0.15) is 22.9 Å². The van der Waals surface area contributed by atoms with E-state index in [1.54, 1.807) is 38.1 Å². The zero-order valence-electron chi connectivity index (χ0n) is 20.5. The summed E-state index contributed by atoms with van der Waals surface area (Å²) in [6.07, 6.45) is 0.863. The van der Waals surface area contributed by atoms with E-state index < -0.39 is 0 Å². The third kappa shape index (κ3) is 5.93. The number of carbonyl (C=O) groups is 1. The van der Waals surface area contributed by atoms with Gasteiger partial charge in [0.2, 0.25) is 0 Å². The molecule has 9 nitrogen and oxygen atoms in total. The average molecular weight is 481 g/mol. The van der Waals surface area contributed by atoms with Crippen LogP contribution in [0, 0.1) is 0 Å². The largest absolute Gasteiger partial charge is 0.497 e. The van der Waals surface area contributed by atoms with Gasteiger partial charge in [-0.2, -0.15) is 5.10 Å². The van der Waals surface area contributed by atoms with Crippen molar-refractivity contribution in [1.82, 2.24) is 20.0 Å². The molecule has 186 valence electrons. The number of rotatable bonds is 10. The van der Waals surface area contributed by atoms with Gasteiger partial charge in [-0.1, -0.05) is 0 Å². The van der Waals surface area contributed by atoms with E-state index in [-0.39, 0.29) is 5.91 Å². The van der Waals surface area contributed by atoms with Gasteiger partial charge in [0.15, 0.2) is 0 Å². The first-order chi connectivity index (χ1) is 17.1. The fraction of sp³-hybridized carbons (Fsp3) is 0.385. The van der Waals surface area contributed by atoms with E-state index in [1.165, 1.54) is 0 Å². The standard InChI is InChI=1S/C26H32N4O5/c1-32-20-7-5-19(6-8-20)30-24(26(31)27-11-4-12-29-13-15-35-16-14-29)18-23(28-30)22-10-9-21(33-2)17-25(22)34-3/h5-10,17-18H,4,11-16H2,1-3H3,(H,27,31). The van der Waals surface area contributed by atoms with Gasteiger partial charge in [0, 0.05) is 31.3 Å². The number of hydrogen-bond donors (Lipinski definition) is 1. The van der Waals surface area contributed by atoms with E-state index in [1.807, 2.05) is 36.4 Å². The minimum Gasteiger partial charge on any atom is -0.497 e. The van der Waals surface area contributed by atoms with Gasteiger partial charge < -0.3 is 24.3 Å². The lowest BCUT2D eigenvalue weighted by molar-refractivity contribution is 0.0374. The number of ether oxygens (including phenoxy) is 4. The zero-order valence-corrected chi connectivity index (χ0v) is 20.5. The van der Waals surface area contributed by atoms with E-state index in [4.69, 9.17) is 24.0 Å². The normalized spacial score (nSPS) is 13.9. The molecule has 0 spiro atoms. The van der Waals surface area contributed by atoms with Crippen LogP contribution in [0.3, 0.4) is 0 Å². The van der Waals surface area contributed by atoms with Crippen LogP contribution in [0.1, 0.15) is 16.9 Å². The van der Waals surface area contributed by atoms with E-state index in [0.29, 0.717) is 29.4 Å². The Bertz CT molecular complexity index is 1120. The van der Waals surface area contributed by atoms with Crippen LogP contribution in [-0.4, -0.2) is 81.3 Å². The van der Waals surface area contributed by atoms with Crippen LogP contribution < -0.4 is 19.5 Å². The molecule has 0 aliphatic carbocycles. The van der Waals surface area contributed by atoms with Crippen LogP contribution in [-0.2, 0) is 4.74 Å². The van der Waals surface area contributed by atoms with Crippen molar-refractivity contribution in [3.63, 3.8) is 0 Å². The smallest absolute Gasteiger partial charge is 0.270 e.